The summed E-state index contributed by atoms with van der Waals surface area (Å²) in [4.78, 5) is 30.7. The third kappa shape index (κ3) is 3.59. The maximum absolute atomic E-state index is 14.9. The van der Waals surface area contributed by atoms with Crippen molar-refractivity contribution in [1.29, 1.82) is 0 Å². The number of fused-ring (bicyclic) bond motifs is 1. The minimum atomic E-state index is -0.535. The quantitative estimate of drug-likeness (QED) is 0.290. The number of benzene rings is 1. The number of likely N-dealkylation sites (tertiary alicyclic amines) is 1. The van der Waals surface area contributed by atoms with Gasteiger partial charge in [0, 0.05) is 27.1 Å². The van der Waals surface area contributed by atoms with Gasteiger partial charge in [-0.15, -0.1) is 0 Å². The number of rotatable bonds is 4. The average Bonchev–Trinajstić information content (AvgIpc) is 3.02. The maximum Gasteiger partial charge on any atom is 0.414 e. The molecular formula is C19H25FN6O3. The smallest absolute Gasteiger partial charge is 0.414 e. The molecular weight excluding hydrogens is 379 g/mol. The van der Waals surface area contributed by atoms with Gasteiger partial charge in [0.05, 0.1) is 18.8 Å². The van der Waals surface area contributed by atoms with Gasteiger partial charge >= 0.3 is 6.09 Å². The fraction of sp³-hybridized carbons (Fsp3) is 0.526. The van der Waals surface area contributed by atoms with Crippen LogP contribution in [0.2, 0.25) is 0 Å². The second-order valence-corrected chi connectivity index (χ2v) is 7.71. The normalized spacial score (nSPS) is 28.3. The van der Waals surface area contributed by atoms with Crippen LogP contribution in [0.1, 0.15) is 18.4 Å². The molecule has 0 aromatic heterocycles. The molecule has 2 amide bonds. The van der Waals surface area contributed by atoms with Crippen molar-refractivity contribution < 1.29 is 18.7 Å². The van der Waals surface area contributed by atoms with Crippen molar-refractivity contribution in [2.75, 3.05) is 38.1 Å². The van der Waals surface area contributed by atoms with E-state index in [2.05, 4.69) is 20.6 Å². The molecule has 3 fully saturated rings. The molecule has 4 rings (SSSR count). The number of hydrazine groups is 1. The fourth-order valence-corrected chi connectivity index (χ4v) is 4.51. The Balaban J connectivity index is 1.40. The molecule has 1 unspecified atom stereocenters. The highest BCUT2D eigenvalue weighted by Crippen LogP contribution is 2.58. The number of anilines is 1. The summed E-state index contributed by atoms with van der Waals surface area (Å²) in [6.07, 6.45) is -0.986. The SMILES string of the molecule is CN=C(NN)N1C[C@@H]2C(c3ccc(N4C[C@H](CNC(C)=O)OC4=O)cc3F)[C@@H]2C1. The Bertz CT molecular complexity index is 850. The molecule has 2 aliphatic heterocycles. The van der Waals surface area contributed by atoms with Crippen LogP contribution < -0.4 is 21.5 Å². The van der Waals surface area contributed by atoms with Gasteiger partial charge in [-0.25, -0.2) is 15.0 Å². The molecule has 1 aromatic carbocycles. The molecule has 29 heavy (non-hydrogen) atoms. The summed E-state index contributed by atoms with van der Waals surface area (Å²) in [5.74, 6) is 6.55. The summed E-state index contributed by atoms with van der Waals surface area (Å²) < 4.78 is 20.1. The maximum atomic E-state index is 14.9. The van der Waals surface area contributed by atoms with Gasteiger partial charge < -0.3 is 15.0 Å². The van der Waals surface area contributed by atoms with Crippen LogP contribution >= 0.6 is 0 Å². The fourth-order valence-electron chi connectivity index (χ4n) is 4.51. The van der Waals surface area contributed by atoms with Crippen LogP contribution in [0, 0.1) is 17.7 Å². The molecule has 0 bridgehead atoms. The zero-order chi connectivity index (χ0) is 20.7. The first-order chi connectivity index (χ1) is 13.9. The number of carbonyl (C=O) groups is 2. The van der Waals surface area contributed by atoms with Crippen molar-refractivity contribution in [2.45, 2.75) is 18.9 Å². The lowest BCUT2D eigenvalue weighted by molar-refractivity contribution is -0.119. The number of guanidine groups is 1. The van der Waals surface area contributed by atoms with Crippen molar-refractivity contribution in [3.63, 3.8) is 0 Å². The number of amides is 2. The van der Waals surface area contributed by atoms with Gasteiger partial charge in [-0.3, -0.25) is 20.1 Å². The summed E-state index contributed by atoms with van der Waals surface area (Å²) in [5.41, 5.74) is 3.73. The van der Waals surface area contributed by atoms with E-state index >= 15 is 0 Å². The second-order valence-electron chi connectivity index (χ2n) is 7.71. The van der Waals surface area contributed by atoms with Gasteiger partial charge in [-0.1, -0.05) is 6.07 Å². The number of halogens is 1. The monoisotopic (exact) mass is 404 g/mol. The van der Waals surface area contributed by atoms with Crippen LogP contribution in [-0.2, 0) is 9.53 Å². The highest BCUT2D eigenvalue weighted by molar-refractivity contribution is 5.90. The molecule has 1 saturated carbocycles. The number of carbonyl (C=O) groups excluding carboxylic acids is 2. The zero-order valence-corrected chi connectivity index (χ0v) is 16.4. The van der Waals surface area contributed by atoms with E-state index in [1.54, 1.807) is 19.2 Å². The number of hydrogen-bond donors (Lipinski definition) is 3. The molecule has 9 nitrogen and oxygen atoms in total. The van der Waals surface area contributed by atoms with Crippen LogP contribution in [0.25, 0.3) is 0 Å². The van der Waals surface area contributed by atoms with E-state index < -0.39 is 12.2 Å². The molecule has 0 radical (unpaired) electrons. The standard InChI is InChI=1S/C19H25FN6O3/c1-10(27)23-6-12-7-26(19(28)29-12)11-3-4-13(16(20)5-11)17-14-8-25(9-15(14)17)18(22-2)24-21/h3-5,12,14-15,17H,6-9,21H2,1-2H3,(H,22,24)(H,23,27)/t12-,14-,15+,17?/m0/s1. The lowest BCUT2D eigenvalue weighted by Crippen LogP contribution is -2.44. The minimum absolute atomic E-state index is 0.175. The van der Waals surface area contributed by atoms with E-state index in [1.807, 2.05) is 0 Å². The molecule has 4 atom stereocenters. The summed E-state index contributed by atoms with van der Waals surface area (Å²) in [7, 11) is 1.68. The van der Waals surface area contributed by atoms with Crippen molar-refractivity contribution in [2.24, 2.45) is 22.7 Å². The predicted molar refractivity (Wildman–Crippen MR) is 105 cm³/mol. The Kier molecular flexibility index (Phi) is 5.03. The van der Waals surface area contributed by atoms with Crippen LogP contribution in [0.4, 0.5) is 14.9 Å². The number of ether oxygens (including phenoxy) is 1. The first kappa shape index (κ1) is 19.4. The summed E-state index contributed by atoms with van der Waals surface area (Å²) in [5, 5.41) is 2.62. The molecule has 10 heteroatoms. The summed E-state index contributed by atoms with van der Waals surface area (Å²) in [6.45, 7) is 3.48. The predicted octanol–water partition coefficient (Wildman–Crippen LogP) is 0.381. The van der Waals surface area contributed by atoms with Crippen LogP contribution in [0.3, 0.4) is 0 Å². The van der Waals surface area contributed by atoms with E-state index in [0.29, 0.717) is 29.0 Å². The molecule has 156 valence electrons. The molecule has 4 N–H and O–H groups in total. The molecule has 2 heterocycles. The molecule has 0 spiro atoms. The largest absolute Gasteiger partial charge is 0.442 e. The van der Waals surface area contributed by atoms with Crippen molar-refractivity contribution in [3.8, 4) is 0 Å². The Hall–Kier alpha value is -2.88. The Labute approximate surface area is 168 Å². The number of nitrogens with one attached hydrogen (secondary N) is 2. The number of nitrogens with two attached hydrogens (primary N) is 1. The highest BCUT2D eigenvalue weighted by atomic mass is 19.1. The van der Waals surface area contributed by atoms with Gasteiger partial charge in [0.25, 0.3) is 0 Å². The van der Waals surface area contributed by atoms with Crippen molar-refractivity contribution in [1.82, 2.24) is 15.6 Å². The van der Waals surface area contributed by atoms with Crippen molar-refractivity contribution in [3.05, 3.63) is 29.6 Å². The summed E-state index contributed by atoms with van der Waals surface area (Å²) >= 11 is 0. The molecule has 1 aromatic rings. The molecule has 1 aliphatic carbocycles. The highest BCUT2D eigenvalue weighted by Gasteiger charge is 2.57. The molecule has 2 saturated heterocycles. The van der Waals surface area contributed by atoms with E-state index in [4.69, 9.17) is 10.6 Å². The second kappa shape index (κ2) is 7.51. The van der Waals surface area contributed by atoms with Gasteiger partial charge in [-0.2, -0.15) is 0 Å². The van der Waals surface area contributed by atoms with Crippen LogP contribution in [0.5, 0.6) is 0 Å². The average molecular weight is 404 g/mol. The van der Waals surface area contributed by atoms with Crippen LogP contribution in [0.15, 0.2) is 23.2 Å². The van der Waals surface area contributed by atoms with Gasteiger partial charge in [0.15, 0.2) is 0 Å². The third-order valence-corrected chi connectivity index (χ3v) is 5.94. The van der Waals surface area contributed by atoms with E-state index in [0.717, 1.165) is 13.1 Å². The first-order valence-electron chi connectivity index (χ1n) is 9.63. The molecule has 3 aliphatic rings. The van der Waals surface area contributed by atoms with Crippen molar-refractivity contribution >= 4 is 23.6 Å². The van der Waals surface area contributed by atoms with E-state index in [1.165, 1.54) is 17.9 Å². The number of nitrogens with zero attached hydrogens (tertiary/aromatic N) is 3. The number of piperidine rings is 1. The van der Waals surface area contributed by atoms with E-state index in [-0.39, 0.29) is 30.7 Å². The topological polar surface area (TPSA) is 112 Å². The number of cyclic esters (lactones) is 1. The zero-order valence-electron chi connectivity index (χ0n) is 16.4. The van der Waals surface area contributed by atoms with Crippen LogP contribution in [-0.4, -0.2) is 62.2 Å². The first-order valence-corrected chi connectivity index (χ1v) is 9.63. The Morgan fingerprint density at radius 3 is 2.66 bits per heavy atom. The van der Waals surface area contributed by atoms with Gasteiger partial charge in [0.2, 0.25) is 11.9 Å². The number of hydrogen-bond acceptors (Lipinski definition) is 5. The Morgan fingerprint density at radius 1 is 1.34 bits per heavy atom. The Morgan fingerprint density at radius 2 is 2.07 bits per heavy atom. The van der Waals surface area contributed by atoms with Gasteiger partial charge in [0.1, 0.15) is 11.9 Å². The lowest BCUT2D eigenvalue weighted by atomic mass is 10.1. The number of aliphatic imine (C=N–C) groups is 1. The van der Waals surface area contributed by atoms with E-state index in [9.17, 15) is 14.0 Å². The lowest BCUT2D eigenvalue weighted by Gasteiger charge is -2.23. The van der Waals surface area contributed by atoms with Gasteiger partial charge in [-0.05, 0) is 35.4 Å². The third-order valence-electron chi connectivity index (χ3n) is 5.94. The summed E-state index contributed by atoms with van der Waals surface area (Å²) in [6, 6.07) is 4.92. The minimum Gasteiger partial charge on any atom is -0.442 e.